The summed E-state index contributed by atoms with van der Waals surface area (Å²) in [6.45, 7) is 3.14. The molecule has 46 heavy (non-hydrogen) atoms. The number of allylic oxidation sites excluding steroid dienone is 8. The highest BCUT2D eigenvalue weighted by atomic mass is 31.2. The molecule has 0 aliphatic carbocycles. The van der Waals surface area contributed by atoms with E-state index in [1.165, 1.54) is 38.5 Å². The van der Waals surface area contributed by atoms with Gasteiger partial charge in [0.25, 0.3) is 0 Å². The number of unbranched alkanes of at least 4 members (excludes halogenated alkanes) is 11. The Morgan fingerprint density at radius 2 is 1.13 bits per heavy atom. The molecule has 0 aliphatic rings. The van der Waals surface area contributed by atoms with E-state index in [9.17, 15) is 19.3 Å². The van der Waals surface area contributed by atoms with Gasteiger partial charge in [-0.1, -0.05) is 113 Å². The van der Waals surface area contributed by atoms with Crippen LogP contribution in [0.5, 0.6) is 0 Å². The minimum absolute atomic E-state index is 0.179. The van der Waals surface area contributed by atoms with Crippen molar-refractivity contribution in [2.24, 2.45) is 0 Å². The Kier molecular flexibility index (Phi) is 30.2. The number of phosphoric ester groups is 1. The fraction of sp³-hybridized carbons (Fsp3) is 0.722. The number of hydrogen-bond acceptors (Lipinski definition) is 7. The number of rotatable bonds is 31. The summed E-state index contributed by atoms with van der Waals surface area (Å²) in [5, 5.41) is 9.23. The summed E-state index contributed by atoms with van der Waals surface area (Å²) in [5.74, 6) is -0.972. The zero-order valence-corrected chi connectivity index (χ0v) is 29.5. The van der Waals surface area contributed by atoms with Gasteiger partial charge in [-0.15, -0.1) is 0 Å². The summed E-state index contributed by atoms with van der Waals surface area (Å²) in [7, 11) is -4.76. The van der Waals surface area contributed by atoms with Gasteiger partial charge in [0.1, 0.15) is 6.61 Å². The smallest absolute Gasteiger partial charge is 0.462 e. The second-order valence-electron chi connectivity index (χ2n) is 11.8. The highest BCUT2D eigenvalue weighted by molar-refractivity contribution is 7.46. The van der Waals surface area contributed by atoms with Gasteiger partial charge in [0.2, 0.25) is 0 Å². The SMILES string of the molecule is CCCCCCCCCCCCC(=O)O[C@H](COC(=O)CCC/C=C\C/C=C\C/C=C\C/C=C\CCC[C@@H](C)O)COP(=O)(O)O. The molecule has 0 heterocycles. The number of esters is 2. The standard InChI is InChI=1S/C36H63O9P/c1-3-4-5-6-7-8-17-21-24-27-30-36(39)45-34(32-44-46(40,41)42)31-43-35(38)29-26-23-20-18-15-13-11-9-10-12-14-16-19-22-25-28-33(2)37/h10-13,16,18-20,33-34,37H,3-9,14-15,17,21-32H2,1-2H3,(H2,40,41,42)/b12-10-,13-11-,19-16-,20-18-/t33-,34-/m1/s1. The first-order valence-corrected chi connectivity index (χ1v) is 19.0. The molecule has 2 atom stereocenters. The summed E-state index contributed by atoms with van der Waals surface area (Å²) < 4.78 is 26.1. The van der Waals surface area contributed by atoms with Crippen LogP contribution in [0.3, 0.4) is 0 Å². The molecule has 0 saturated heterocycles. The molecular weight excluding hydrogens is 607 g/mol. The molecule has 0 saturated carbocycles. The van der Waals surface area contributed by atoms with Crippen LogP contribution < -0.4 is 0 Å². The van der Waals surface area contributed by atoms with E-state index in [0.717, 1.165) is 57.8 Å². The fourth-order valence-corrected chi connectivity index (χ4v) is 4.86. The van der Waals surface area contributed by atoms with E-state index in [-0.39, 0.29) is 25.6 Å². The zero-order chi connectivity index (χ0) is 34.1. The third-order valence-electron chi connectivity index (χ3n) is 7.12. The maximum atomic E-state index is 12.3. The predicted molar refractivity (Wildman–Crippen MR) is 185 cm³/mol. The monoisotopic (exact) mass is 670 g/mol. The van der Waals surface area contributed by atoms with Gasteiger partial charge in [0.15, 0.2) is 6.10 Å². The molecule has 9 nitrogen and oxygen atoms in total. The Labute approximate surface area is 278 Å². The maximum Gasteiger partial charge on any atom is 0.469 e. The van der Waals surface area contributed by atoms with Crippen LogP contribution in [0.25, 0.3) is 0 Å². The highest BCUT2D eigenvalue weighted by Crippen LogP contribution is 2.35. The van der Waals surface area contributed by atoms with Crippen LogP contribution >= 0.6 is 7.82 Å². The van der Waals surface area contributed by atoms with Crippen molar-refractivity contribution in [3.8, 4) is 0 Å². The summed E-state index contributed by atoms with van der Waals surface area (Å²) in [4.78, 5) is 42.5. The molecule has 0 aromatic carbocycles. The molecule has 0 spiro atoms. The summed E-state index contributed by atoms with van der Waals surface area (Å²) in [6.07, 6.45) is 34.1. The average molecular weight is 671 g/mol. The number of hydrogen-bond donors (Lipinski definition) is 3. The van der Waals surface area contributed by atoms with E-state index in [1.807, 2.05) is 19.1 Å². The quantitative estimate of drug-likeness (QED) is 0.0285. The van der Waals surface area contributed by atoms with Crippen LogP contribution in [0.1, 0.15) is 142 Å². The van der Waals surface area contributed by atoms with E-state index in [1.54, 1.807) is 0 Å². The zero-order valence-electron chi connectivity index (χ0n) is 28.6. The van der Waals surface area contributed by atoms with Crippen LogP contribution in [0.15, 0.2) is 48.6 Å². The van der Waals surface area contributed by atoms with Crippen molar-refractivity contribution in [3.05, 3.63) is 48.6 Å². The van der Waals surface area contributed by atoms with E-state index in [2.05, 4.69) is 47.9 Å². The van der Waals surface area contributed by atoms with E-state index < -0.39 is 32.5 Å². The number of carbonyl (C=O) groups excluding carboxylic acids is 2. The molecule has 0 aromatic heterocycles. The van der Waals surface area contributed by atoms with Gasteiger partial charge in [-0.3, -0.25) is 14.1 Å². The lowest BCUT2D eigenvalue weighted by atomic mass is 10.1. The van der Waals surface area contributed by atoms with Crippen molar-refractivity contribution < 1.29 is 43.0 Å². The molecule has 0 aliphatic heterocycles. The van der Waals surface area contributed by atoms with Crippen molar-refractivity contribution in [3.63, 3.8) is 0 Å². The lowest BCUT2D eigenvalue weighted by Crippen LogP contribution is -2.29. The largest absolute Gasteiger partial charge is 0.469 e. The highest BCUT2D eigenvalue weighted by Gasteiger charge is 2.22. The van der Waals surface area contributed by atoms with Crippen LogP contribution in [0, 0.1) is 0 Å². The van der Waals surface area contributed by atoms with Gasteiger partial charge in [-0.2, -0.15) is 0 Å². The number of aliphatic hydroxyl groups excluding tert-OH is 1. The molecule has 0 aromatic rings. The minimum atomic E-state index is -4.76. The summed E-state index contributed by atoms with van der Waals surface area (Å²) in [5.41, 5.74) is 0. The Balaban J connectivity index is 4.10. The van der Waals surface area contributed by atoms with Crippen molar-refractivity contribution in [1.82, 2.24) is 0 Å². The van der Waals surface area contributed by atoms with Crippen molar-refractivity contribution in [2.45, 2.75) is 154 Å². The van der Waals surface area contributed by atoms with E-state index in [4.69, 9.17) is 19.3 Å². The topological polar surface area (TPSA) is 140 Å². The Morgan fingerprint density at radius 1 is 0.652 bits per heavy atom. The van der Waals surface area contributed by atoms with Crippen molar-refractivity contribution in [2.75, 3.05) is 13.2 Å². The lowest BCUT2D eigenvalue weighted by molar-refractivity contribution is -0.161. The molecular formula is C36H63O9P. The van der Waals surface area contributed by atoms with Crippen LogP contribution in [0.2, 0.25) is 0 Å². The minimum Gasteiger partial charge on any atom is -0.462 e. The predicted octanol–water partition coefficient (Wildman–Crippen LogP) is 8.98. The average Bonchev–Trinajstić information content (AvgIpc) is 3.00. The van der Waals surface area contributed by atoms with Gasteiger partial charge in [0.05, 0.1) is 12.7 Å². The molecule has 0 amide bonds. The summed E-state index contributed by atoms with van der Waals surface area (Å²) in [6, 6.07) is 0. The summed E-state index contributed by atoms with van der Waals surface area (Å²) >= 11 is 0. The number of ether oxygens (including phenoxy) is 2. The first-order chi connectivity index (χ1) is 22.1. The van der Waals surface area contributed by atoms with Gasteiger partial charge in [0, 0.05) is 12.8 Å². The van der Waals surface area contributed by atoms with Gasteiger partial charge < -0.3 is 24.4 Å². The van der Waals surface area contributed by atoms with Gasteiger partial charge in [-0.25, -0.2) is 4.57 Å². The molecule has 0 radical (unpaired) electrons. The molecule has 0 fully saturated rings. The Hall–Kier alpha value is -2.03. The first-order valence-electron chi connectivity index (χ1n) is 17.5. The first kappa shape index (κ1) is 44.0. The van der Waals surface area contributed by atoms with Crippen molar-refractivity contribution in [1.29, 1.82) is 0 Å². The number of phosphoric acid groups is 1. The lowest BCUT2D eigenvalue weighted by Gasteiger charge is -2.18. The second kappa shape index (κ2) is 31.6. The van der Waals surface area contributed by atoms with Crippen LogP contribution in [-0.2, 0) is 28.2 Å². The van der Waals surface area contributed by atoms with Gasteiger partial charge in [-0.05, 0) is 64.7 Å². The van der Waals surface area contributed by atoms with E-state index >= 15 is 0 Å². The Bertz CT molecular complexity index is 905. The fourth-order valence-electron chi connectivity index (χ4n) is 4.50. The number of carbonyl (C=O) groups is 2. The third kappa shape index (κ3) is 34.8. The molecule has 10 heteroatoms. The van der Waals surface area contributed by atoms with Crippen molar-refractivity contribution >= 4 is 19.8 Å². The van der Waals surface area contributed by atoms with E-state index in [0.29, 0.717) is 19.3 Å². The molecule has 0 rings (SSSR count). The molecule has 3 N–H and O–H groups in total. The molecule has 266 valence electrons. The van der Waals surface area contributed by atoms with Crippen LogP contribution in [0.4, 0.5) is 0 Å². The Morgan fingerprint density at radius 3 is 1.65 bits per heavy atom. The van der Waals surface area contributed by atoms with Gasteiger partial charge >= 0.3 is 19.8 Å². The third-order valence-corrected chi connectivity index (χ3v) is 7.60. The molecule has 0 bridgehead atoms. The maximum absolute atomic E-state index is 12.3. The number of aliphatic hydroxyl groups is 1. The second-order valence-corrected chi connectivity index (χ2v) is 13.0. The molecule has 0 unspecified atom stereocenters. The normalized spacial score (nSPS) is 13.8. The van der Waals surface area contributed by atoms with Crippen LogP contribution in [-0.4, -0.2) is 52.3 Å².